The van der Waals surface area contributed by atoms with Crippen molar-refractivity contribution in [1.29, 1.82) is 0 Å². The van der Waals surface area contributed by atoms with Gasteiger partial charge in [0, 0.05) is 25.4 Å². The van der Waals surface area contributed by atoms with Crippen LogP contribution in [0.1, 0.15) is 39.0 Å². The molecule has 1 unspecified atom stereocenters. The van der Waals surface area contributed by atoms with Gasteiger partial charge in [-0.15, -0.1) is 0 Å². The number of aliphatic carboxylic acids is 1. The SMILES string of the molecule is CCNC(=O)C1CCC(CNC(=O)CC(SI)C(=O)O)CC1. The van der Waals surface area contributed by atoms with Gasteiger partial charge in [-0.25, -0.2) is 0 Å². The summed E-state index contributed by atoms with van der Waals surface area (Å²) < 4.78 is 0. The number of rotatable bonds is 8. The van der Waals surface area contributed by atoms with Gasteiger partial charge in [0.25, 0.3) is 0 Å². The summed E-state index contributed by atoms with van der Waals surface area (Å²) in [6.07, 6.45) is 3.55. The minimum absolute atomic E-state index is 0.00279. The molecule has 22 heavy (non-hydrogen) atoms. The summed E-state index contributed by atoms with van der Waals surface area (Å²) in [5.74, 6) is -0.573. The summed E-state index contributed by atoms with van der Waals surface area (Å²) in [5, 5.41) is 13.9. The Labute approximate surface area is 147 Å². The van der Waals surface area contributed by atoms with E-state index >= 15 is 0 Å². The molecule has 2 amide bonds. The van der Waals surface area contributed by atoms with Crippen molar-refractivity contribution in [1.82, 2.24) is 10.6 Å². The van der Waals surface area contributed by atoms with Gasteiger partial charge in [0.05, 0.1) is 0 Å². The lowest BCUT2D eigenvalue weighted by atomic mass is 9.81. The Morgan fingerprint density at radius 3 is 2.36 bits per heavy atom. The van der Waals surface area contributed by atoms with Gasteiger partial charge in [0.2, 0.25) is 11.8 Å². The third kappa shape index (κ3) is 6.72. The molecule has 0 saturated heterocycles. The number of hydrogen-bond donors (Lipinski definition) is 3. The quantitative estimate of drug-likeness (QED) is 0.500. The lowest BCUT2D eigenvalue weighted by Gasteiger charge is -2.27. The van der Waals surface area contributed by atoms with Crippen molar-refractivity contribution in [2.45, 2.75) is 44.3 Å². The second-order valence-electron chi connectivity index (χ2n) is 5.54. The van der Waals surface area contributed by atoms with Gasteiger partial charge in [0.15, 0.2) is 0 Å². The van der Waals surface area contributed by atoms with Gasteiger partial charge in [-0.2, -0.15) is 0 Å². The monoisotopic (exact) mass is 442 g/mol. The number of carbonyl (C=O) groups is 3. The summed E-state index contributed by atoms with van der Waals surface area (Å²) >= 11 is 1.90. The van der Waals surface area contributed by atoms with E-state index in [9.17, 15) is 14.4 Å². The standard InChI is InChI=1S/C14H23IN2O4S/c1-2-16-13(19)10-5-3-9(4-6-10)8-17-12(18)7-11(22-15)14(20)21/h9-11H,2-8H2,1H3,(H,16,19)(H,17,18)(H,20,21). The molecule has 0 aromatic heterocycles. The zero-order valence-electron chi connectivity index (χ0n) is 12.6. The van der Waals surface area contributed by atoms with Crippen LogP contribution in [0.15, 0.2) is 0 Å². The van der Waals surface area contributed by atoms with Gasteiger partial charge < -0.3 is 15.7 Å². The highest BCUT2D eigenvalue weighted by Gasteiger charge is 2.26. The van der Waals surface area contributed by atoms with E-state index < -0.39 is 11.2 Å². The van der Waals surface area contributed by atoms with Crippen LogP contribution in [0.4, 0.5) is 0 Å². The van der Waals surface area contributed by atoms with Crippen LogP contribution >= 0.6 is 30.1 Å². The normalized spacial score (nSPS) is 22.6. The minimum atomic E-state index is -0.961. The van der Waals surface area contributed by atoms with E-state index in [0.717, 1.165) is 34.6 Å². The fraction of sp³-hybridized carbons (Fsp3) is 0.786. The third-order valence-electron chi connectivity index (χ3n) is 3.91. The van der Waals surface area contributed by atoms with E-state index in [1.807, 2.05) is 28.1 Å². The first kappa shape index (κ1) is 19.5. The van der Waals surface area contributed by atoms with Gasteiger partial charge >= 0.3 is 5.97 Å². The molecule has 126 valence electrons. The molecule has 0 bridgehead atoms. The average Bonchev–Trinajstić information content (AvgIpc) is 2.51. The summed E-state index contributed by atoms with van der Waals surface area (Å²) in [4.78, 5) is 34.4. The third-order valence-corrected chi connectivity index (χ3v) is 6.34. The molecule has 1 fully saturated rings. The molecule has 0 spiro atoms. The Bertz CT molecular complexity index is 400. The maximum atomic E-state index is 11.8. The zero-order chi connectivity index (χ0) is 16.5. The second-order valence-corrected chi connectivity index (χ2v) is 7.81. The van der Waals surface area contributed by atoms with E-state index in [4.69, 9.17) is 5.11 Å². The van der Waals surface area contributed by atoms with Gasteiger partial charge in [-0.05, 0) is 59.7 Å². The van der Waals surface area contributed by atoms with Crippen LogP contribution in [0.2, 0.25) is 0 Å². The van der Waals surface area contributed by atoms with Crippen molar-refractivity contribution in [3.8, 4) is 0 Å². The predicted octanol–water partition coefficient (Wildman–Crippen LogP) is 1.97. The number of nitrogens with one attached hydrogen (secondary N) is 2. The minimum Gasteiger partial charge on any atom is -0.480 e. The van der Waals surface area contributed by atoms with Crippen molar-refractivity contribution in [2.24, 2.45) is 11.8 Å². The fourth-order valence-electron chi connectivity index (χ4n) is 2.60. The highest BCUT2D eigenvalue weighted by Crippen LogP contribution is 2.28. The summed E-state index contributed by atoms with van der Waals surface area (Å²) in [6.45, 7) is 3.14. The topological polar surface area (TPSA) is 95.5 Å². The molecule has 0 aromatic carbocycles. The average molecular weight is 442 g/mol. The molecule has 8 heteroatoms. The molecule has 1 saturated carbocycles. The molecule has 0 heterocycles. The second kappa shape index (κ2) is 10.3. The molecule has 1 rings (SSSR count). The zero-order valence-corrected chi connectivity index (χ0v) is 15.6. The molecule has 1 atom stereocenters. The maximum absolute atomic E-state index is 11.8. The molecule has 1 aliphatic carbocycles. The Morgan fingerprint density at radius 2 is 1.86 bits per heavy atom. The smallest absolute Gasteiger partial charge is 0.317 e. The lowest BCUT2D eigenvalue weighted by Crippen LogP contribution is -2.37. The number of hydrogen-bond acceptors (Lipinski definition) is 4. The molecular formula is C14H23IN2O4S. The maximum Gasteiger partial charge on any atom is 0.317 e. The van der Waals surface area contributed by atoms with Gasteiger partial charge in [-0.3, -0.25) is 14.4 Å². The molecular weight excluding hydrogens is 419 g/mol. The van der Waals surface area contributed by atoms with Crippen LogP contribution in [-0.4, -0.2) is 41.2 Å². The van der Waals surface area contributed by atoms with Crippen LogP contribution < -0.4 is 10.6 Å². The van der Waals surface area contributed by atoms with E-state index in [-0.39, 0.29) is 24.2 Å². The van der Waals surface area contributed by atoms with E-state index in [0.29, 0.717) is 19.0 Å². The number of amides is 2. The van der Waals surface area contributed by atoms with Crippen LogP contribution in [-0.2, 0) is 14.4 Å². The molecule has 0 aliphatic heterocycles. The van der Waals surface area contributed by atoms with Crippen LogP contribution in [0.5, 0.6) is 0 Å². The Hall–Kier alpha value is -0.510. The Kier molecular flexibility index (Phi) is 9.15. The Balaban J connectivity index is 2.25. The van der Waals surface area contributed by atoms with Crippen LogP contribution in [0, 0.1) is 11.8 Å². The summed E-state index contributed by atoms with van der Waals surface area (Å²) in [7, 11) is 1.14. The molecule has 0 aromatic rings. The van der Waals surface area contributed by atoms with E-state index in [1.54, 1.807) is 0 Å². The highest BCUT2D eigenvalue weighted by molar-refractivity contribution is 14.2. The van der Waals surface area contributed by atoms with Crippen LogP contribution in [0.25, 0.3) is 0 Å². The lowest BCUT2D eigenvalue weighted by molar-refractivity contribution is -0.138. The van der Waals surface area contributed by atoms with E-state index in [1.165, 1.54) is 0 Å². The van der Waals surface area contributed by atoms with E-state index in [2.05, 4.69) is 10.6 Å². The van der Waals surface area contributed by atoms with Crippen molar-refractivity contribution < 1.29 is 19.5 Å². The first-order chi connectivity index (χ1) is 10.5. The van der Waals surface area contributed by atoms with Crippen molar-refractivity contribution in [2.75, 3.05) is 13.1 Å². The molecule has 6 nitrogen and oxygen atoms in total. The largest absolute Gasteiger partial charge is 0.480 e. The summed E-state index contributed by atoms with van der Waals surface area (Å²) in [6, 6.07) is 0. The van der Waals surface area contributed by atoms with Gasteiger partial charge in [0.1, 0.15) is 5.25 Å². The van der Waals surface area contributed by atoms with Crippen LogP contribution in [0.3, 0.4) is 0 Å². The predicted molar refractivity (Wildman–Crippen MR) is 94.8 cm³/mol. The number of carboxylic acid groups (broad SMARTS) is 1. The van der Waals surface area contributed by atoms with Crippen molar-refractivity contribution in [3.63, 3.8) is 0 Å². The molecule has 0 radical (unpaired) electrons. The number of carbonyl (C=O) groups excluding carboxylic acids is 2. The molecule has 3 N–H and O–H groups in total. The van der Waals surface area contributed by atoms with Crippen molar-refractivity contribution >= 4 is 47.9 Å². The van der Waals surface area contributed by atoms with Gasteiger partial charge in [-0.1, -0.05) is 8.93 Å². The number of carboxylic acids is 1. The Morgan fingerprint density at radius 1 is 1.23 bits per heavy atom. The summed E-state index contributed by atoms with van der Waals surface area (Å²) in [5.41, 5.74) is 0. The molecule has 1 aliphatic rings. The first-order valence-corrected chi connectivity index (χ1v) is 10.9. The van der Waals surface area contributed by atoms with Crippen molar-refractivity contribution in [3.05, 3.63) is 0 Å². The highest BCUT2D eigenvalue weighted by atomic mass is 127. The first-order valence-electron chi connectivity index (χ1n) is 7.52. The fourth-order valence-corrected chi connectivity index (χ4v) is 4.09. The number of halogens is 1.